The third kappa shape index (κ3) is 7.74. The molecule has 0 aromatic heterocycles. The number of alkyl carbamates (subject to hydrolysis) is 1. The van der Waals surface area contributed by atoms with Crippen LogP contribution in [0.2, 0.25) is 0 Å². The number of hydrogen-bond donors (Lipinski definition) is 2. The highest BCUT2D eigenvalue weighted by atomic mass is 16.5. The molecule has 16 heavy (non-hydrogen) atoms. The molecule has 7 nitrogen and oxygen atoms in total. The minimum atomic E-state index is -0.868. The van der Waals surface area contributed by atoms with Gasteiger partial charge in [0.15, 0.2) is 0 Å². The largest absolute Gasteiger partial charge is 0.481 e. The Labute approximate surface area is 93.4 Å². The molecular weight excluding hydrogens is 216 g/mol. The lowest BCUT2D eigenvalue weighted by molar-refractivity contribution is -0.137. The monoisotopic (exact) mass is 232 g/mol. The highest BCUT2D eigenvalue weighted by Crippen LogP contribution is 1.92. The first-order valence-electron chi connectivity index (χ1n) is 4.74. The fourth-order valence-corrected chi connectivity index (χ4v) is 1.03. The van der Waals surface area contributed by atoms with Crippen molar-refractivity contribution >= 4 is 18.0 Å². The van der Waals surface area contributed by atoms with Crippen LogP contribution in [-0.4, -0.2) is 55.2 Å². The van der Waals surface area contributed by atoms with E-state index < -0.39 is 18.0 Å². The highest BCUT2D eigenvalue weighted by molar-refractivity contribution is 5.92. The molecule has 0 rings (SSSR count). The Morgan fingerprint density at radius 2 is 2.00 bits per heavy atom. The SMILES string of the molecule is COC(=O)NC(=O)CN(C)CCCC(=O)O. The Balaban J connectivity index is 3.69. The van der Waals surface area contributed by atoms with Gasteiger partial charge in [0.2, 0.25) is 5.91 Å². The van der Waals surface area contributed by atoms with Crippen LogP contribution < -0.4 is 5.32 Å². The van der Waals surface area contributed by atoms with Crippen LogP contribution in [-0.2, 0) is 14.3 Å². The second kappa shape index (κ2) is 7.63. The van der Waals surface area contributed by atoms with Crippen molar-refractivity contribution in [2.75, 3.05) is 27.2 Å². The van der Waals surface area contributed by atoms with Crippen LogP contribution in [0.1, 0.15) is 12.8 Å². The number of carbonyl (C=O) groups excluding carboxylic acids is 2. The number of imide groups is 1. The molecule has 0 spiro atoms. The van der Waals surface area contributed by atoms with Gasteiger partial charge in [-0.1, -0.05) is 0 Å². The Hall–Kier alpha value is -1.63. The predicted molar refractivity (Wildman–Crippen MR) is 54.9 cm³/mol. The molecule has 0 fully saturated rings. The standard InChI is InChI=1S/C9H16N2O5/c1-11(5-3-4-8(13)14)6-7(12)10-9(15)16-2/h3-6H2,1-2H3,(H,13,14)(H,10,12,15). The number of carboxylic acids is 1. The second-order valence-electron chi connectivity index (χ2n) is 3.27. The van der Waals surface area contributed by atoms with Gasteiger partial charge in [-0.15, -0.1) is 0 Å². The summed E-state index contributed by atoms with van der Waals surface area (Å²) in [6, 6.07) is 0. The lowest BCUT2D eigenvalue weighted by Gasteiger charge is -2.14. The molecule has 0 aromatic carbocycles. The van der Waals surface area contributed by atoms with E-state index >= 15 is 0 Å². The van der Waals surface area contributed by atoms with Crippen LogP contribution in [0.15, 0.2) is 0 Å². The summed E-state index contributed by atoms with van der Waals surface area (Å²) in [7, 11) is 2.83. The van der Waals surface area contributed by atoms with E-state index in [1.807, 2.05) is 5.32 Å². The van der Waals surface area contributed by atoms with Crippen molar-refractivity contribution in [1.82, 2.24) is 10.2 Å². The molecule has 0 saturated heterocycles. The van der Waals surface area contributed by atoms with Gasteiger partial charge in [0.1, 0.15) is 0 Å². The number of likely N-dealkylation sites (N-methyl/N-ethyl adjacent to an activating group) is 1. The first kappa shape index (κ1) is 14.4. The van der Waals surface area contributed by atoms with Crippen molar-refractivity contribution in [2.45, 2.75) is 12.8 Å². The number of carboxylic acid groups (broad SMARTS) is 1. The van der Waals surface area contributed by atoms with Crippen molar-refractivity contribution in [3.05, 3.63) is 0 Å². The summed E-state index contributed by atoms with van der Waals surface area (Å²) in [5.74, 6) is -1.35. The minimum absolute atomic E-state index is 0.0225. The number of carbonyl (C=O) groups is 3. The van der Waals surface area contributed by atoms with Gasteiger partial charge in [-0.3, -0.25) is 19.8 Å². The van der Waals surface area contributed by atoms with Crippen LogP contribution in [0, 0.1) is 0 Å². The lowest BCUT2D eigenvalue weighted by atomic mass is 10.3. The smallest absolute Gasteiger partial charge is 0.413 e. The quantitative estimate of drug-likeness (QED) is 0.650. The maximum atomic E-state index is 11.1. The van der Waals surface area contributed by atoms with E-state index in [1.54, 1.807) is 11.9 Å². The Morgan fingerprint density at radius 1 is 1.38 bits per heavy atom. The molecule has 0 aliphatic rings. The van der Waals surface area contributed by atoms with E-state index in [1.165, 1.54) is 7.11 Å². The van der Waals surface area contributed by atoms with Gasteiger partial charge in [0, 0.05) is 6.42 Å². The highest BCUT2D eigenvalue weighted by Gasteiger charge is 2.10. The third-order valence-corrected chi connectivity index (χ3v) is 1.77. The van der Waals surface area contributed by atoms with Crippen molar-refractivity contribution in [3.63, 3.8) is 0 Å². The average molecular weight is 232 g/mol. The zero-order valence-electron chi connectivity index (χ0n) is 9.36. The zero-order chi connectivity index (χ0) is 12.6. The zero-order valence-corrected chi connectivity index (χ0v) is 9.36. The van der Waals surface area contributed by atoms with Crippen molar-refractivity contribution in [3.8, 4) is 0 Å². The van der Waals surface area contributed by atoms with Crippen LogP contribution in [0.4, 0.5) is 4.79 Å². The molecule has 0 heterocycles. The first-order valence-corrected chi connectivity index (χ1v) is 4.74. The van der Waals surface area contributed by atoms with Crippen molar-refractivity contribution in [1.29, 1.82) is 0 Å². The molecule has 0 saturated carbocycles. The van der Waals surface area contributed by atoms with Crippen LogP contribution >= 0.6 is 0 Å². The number of nitrogens with zero attached hydrogens (tertiary/aromatic N) is 1. The first-order chi connectivity index (χ1) is 7.45. The Morgan fingerprint density at radius 3 is 2.50 bits per heavy atom. The molecule has 0 aromatic rings. The molecular formula is C9H16N2O5. The topological polar surface area (TPSA) is 95.9 Å². The molecule has 0 radical (unpaired) electrons. The molecule has 2 N–H and O–H groups in total. The Kier molecular flexibility index (Phi) is 6.86. The molecule has 0 bridgehead atoms. The maximum absolute atomic E-state index is 11.1. The van der Waals surface area contributed by atoms with E-state index in [2.05, 4.69) is 4.74 Å². The van der Waals surface area contributed by atoms with E-state index in [4.69, 9.17) is 5.11 Å². The number of aliphatic carboxylic acids is 1. The van der Waals surface area contributed by atoms with Gasteiger partial charge in [-0.25, -0.2) is 4.79 Å². The maximum Gasteiger partial charge on any atom is 0.413 e. The number of hydrogen-bond acceptors (Lipinski definition) is 5. The fraction of sp³-hybridized carbons (Fsp3) is 0.667. The number of nitrogens with one attached hydrogen (secondary N) is 1. The van der Waals surface area contributed by atoms with Crippen LogP contribution in [0.25, 0.3) is 0 Å². The molecule has 2 amide bonds. The molecule has 7 heteroatoms. The minimum Gasteiger partial charge on any atom is -0.481 e. The fourth-order valence-electron chi connectivity index (χ4n) is 1.03. The summed E-state index contributed by atoms with van der Waals surface area (Å²) in [5, 5.41) is 10.4. The lowest BCUT2D eigenvalue weighted by Crippen LogP contribution is -2.38. The third-order valence-electron chi connectivity index (χ3n) is 1.77. The summed E-state index contributed by atoms with van der Waals surface area (Å²) in [4.78, 5) is 33.7. The molecule has 92 valence electrons. The van der Waals surface area contributed by atoms with E-state index in [0.29, 0.717) is 13.0 Å². The van der Waals surface area contributed by atoms with E-state index in [0.717, 1.165) is 0 Å². The predicted octanol–water partition coefficient (Wildman–Crippen LogP) is -0.334. The van der Waals surface area contributed by atoms with Gasteiger partial charge < -0.3 is 9.84 Å². The van der Waals surface area contributed by atoms with Crippen molar-refractivity contribution < 1.29 is 24.2 Å². The van der Waals surface area contributed by atoms with Crippen LogP contribution in [0.5, 0.6) is 0 Å². The summed E-state index contributed by atoms with van der Waals surface area (Å²) in [5.41, 5.74) is 0. The average Bonchev–Trinajstić information content (AvgIpc) is 2.16. The summed E-state index contributed by atoms with van der Waals surface area (Å²) >= 11 is 0. The van der Waals surface area contributed by atoms with Crippen molar-refractivity contribution in [2.24, 2.45) is 0 Å². The van der Waals surface area contributed by atoms with Gasteiger partial charge in [0.25, 0.3) is 0 Å². The second-order valence-corrected chi connectivity index (χ2v) is 3.27. The summed E-state index contributed by atoms with van der Waals surface area (Å²) in [6.07, 6.45) is -0.288. The van der Waals surface area contributed by atoms with Gasteiger partial charge in [0.05, 0.1) is 13.7 Å². The normalized spacial score (nSPS) is 9.94. The van der Waals surface area contributed by atoms with Gasteiger partial charge in [-0.05, 0) is 20.0 Å². The molecule has 0 aliphatic carbocycles. The number of ether oxygens (including phenoxy) is 1. The Bertz CT molecular complexity index is 267. The molecule has 0 atom stereocenters. The molecule has 0 aliphatic heterocycles. The number of amides is 2. The summed E-state index contributed by atoms with van der Waals surface area (Å²) in [6.45, 7) is 0.496. The van der Waals surface area contributed by atoms with E-state index in [9.17, 15) is 14.4 Å². The number of methoxy groups -OCH3 is 1. The van der Waals surface area contributed by atoms with E-state index in [-0.39, 0.29) is 13.0 Å². The van der Waals surface area contributed by atoms with Gasteiger partial charge >= 0.3 is 12.1 Å². The van der Waals surface area contributed by atoms with Crippen LogP contribution in [0.3, 0.4) is 0 Å². The molecule has 0 unspecified atom stereocenters. The number of rotatable bonds is 6. The summed E-state index contributed by atoms with van der Waals surface area (Å²) < 4.78 is 4.25. The van der Waals surface area contributed by atoms with Gasteiger partial charge in [-0.2, -0.15) is 0 Å².